The van der Waals surface area contributed by atoms with Crippen LogP contribution in [0.25, 0.3) is 22.4 Å². The van der Waals surface area contributed by atoms with Gasteiger partial charge in [0, 0.05) is 62.3 Å². The first-order valence-corrected chi connectivity index (χ1v) is 10.1. The molecule has 0 radical (unpaired) electrons. The Bertz CT molecular complexity index is 965. The Morgan fingerprint density at radius 2 is 1.59 bits per heavy atom. The van der Waals surface area contributed by atoms with Gasteiger partial charge in [-0.1, -0.05) is 29.8 Å². The van der Waals surface area contributed by atoms with Crippen LogP contribution < -0.4 is 4.90 Å². The Kier molecular flexibility index (Phi) is 5.83. The highest BCUT2D eigenvalue weighted by atomic mass is 16.3. The largest absolute Gasteiger partial charge is 0.395 e. The molecule has 3 aromatic rings. The highest BCUT2D eigenvalue weighted by molar-refractivity contribution is 5.71. The van der Waals surface area contributed by atoms with Crippen LogP contribution in [0.15, 0.2) is 48.8 Å². The summed E-state index contributed by atoms with van der Waals surface area (Å²) in [5.74, 6) is 1.72. The van der Waals surface area contributed by atoms with E-state index in [1.807, 2.05) is 19.3 Å². The van der Waals surface area contributed by atoms with Crippen molar-refractivity contribution in [2.24, 2.45) is 0 Å². The Balaban J connectivity index is 1.59. The maximum atomic E-state index is 9.14. The van der Waals surface area contributed by atoms with E-state index in [9.17, 15) is 0 Å². The van der Waals surface area contributed by atoms with Gasteiger partial charge >= 0.3 is 0 Å². The molecule has 1 aliphatic heterocycles. The predicted molar refractivity (Wildman–Crippen MR) is 116 cm³/mol. The van der Waals surface area contributed by atoms with E-state index in [1.54, 1.807) is 0 Å². The van der Waals surface area contributed by atoms with Crippen molar-refractivity contribution >= 4 is 5.82 Å². The van der Waals surface area contributed by atoms with E-state index in [4.69, 9.17) is 5.11 Å². The fourth-order valence-corrected chi connectivity index (χ4v) is 3.69. The summed E-state index contributed by atoms with van der Waals surface area (Å²) >= 11 is 0. The Labute approximate surface area is 171 Å². The molecule has 0 unspecified atom stereocenters. The van der Waals surface area contributed by atoms with Crippen molar-refractivity contribution in [2.45, 2.75) is 13.8 Å². The number of aromatic nitrogens is 3. The first kappa shape index (κ1) is 19.5. The summed E-state index contributed by atoms with van der Waals surface area (Å²) in [5.41, 5.74) is 5.36. The van der Waals surface area contributed by atoms with E-state index >= 15 is 0 Å². The molecule has 0 atom stereocenters. The average molecular weight is 390 g/mol. The van der Waals surface area contributed by atoms with Crippen LogP contribution in [0.3, 0.4) is 0 Å². The Morgan fingerprint density at radius 3 is 2.31 bits per heavy atom. The molecule has 1 saturated heterocycles. The number of aryl methyl sites for hydroxylation is 2. The normalized spacial score (nSPS) is 14.9. The monoisotopic (exact) mass is 389 g/mol. The van der Waals surface area contributed by atoms with Gasteiger partial charge in [-0.05, 0) is 25.5 Å². The summed E-state index contributed by atoms with van der Waals surface area (Å²) < 4.78 is 0. The minimum absolute atomic E-state index is 0.209. The summed E-state index contributed by atoms with van der Waals surface area (Å²) in [6.45, 7) is 8.64. The maximum Gasteiger partial charge on any atom is 0.132 e. The third kappa shape index (κ3) is 4.60. The third-order valence-corrected chi connectivity index (χ3v) is 5.36. The number of benzene rings is 1. The van der Waals surface area contributed by atoms with Crippen LogP contribution >= 0.6 is 0 Å². The van der Waals surface area contributed by atoms with E-state index in [2.05, 4.69) is 68.1 Å². The molecular formula is C23H27N5O. The quantitative estimate of drug-likeness (QED) is 0.724. The molecule has 29 heavy (non-hydrogen) atoms. The highest BCUT2D eigenvalue weighted by Gasteiger charge is 2.19. The fourth-order valence-electron chi connectivity index (χ4n) is 3.69. The molecule has 1 fully saturated rings. The molecule has 150 valence electrons. The second kappa shape index (κ2) is 8.68. The molecule has 0 bridgehead atoms. The number of rotatable bonds is 5. The highest BCUT2D eigenvalue weighted by Crippen LogP contribution is 2.27. The second-order valence-electron chi connectivity index (χ2n) is 7.54. The van der Waals surface area contributed by atoms with Crippen molar-refractivity contribution in [2.75, 3.05) is 44.2 Å². The Hall–Kier alpha value is -2.83. The fraction of sp³-hybridized carbons (Fsp3) is 0.348. The lowest BCUT2D eigenvalue weighted by Crippen LogP contribution is -2.47. The van der Waals surface area contributed by atoms with Crippen LogP contribution in [0.2, 0.25) is 0 Å². The van der Waals surface area contributed by atoms with Gasteiger partial charge in [0.25, 0.3) is 0 Å². The van der Waals surface area contributed by atoms with Crippen molar-refractivity contribution in [3.63, 3.8) is 0 Å². The predicted octanol–water partition coefficient (Wildman–Crippen LogP) is 2.94. The molecule has 0 amide bonds. The van der Waals surface area contributed by atoms with E-state index < -0.39 is 0 Å². The first-order chi connectivity index (χ1) is 14.1. The Morgan fingerprint density at radius 1 is 0.862 bits per heavy atom. The molecule has 4 rings (SSSR count). The molecule has 0 spiro atoms. The van der Waals surface area contributed by atoms with E-state index in [0.29, 0.717) is 0 Å². The van der Waals surface area contributed by atoms with Crippen LogP contribution in [0, 0.1) is 13.8 Å². The standard InChI is InChI=1S/C23H27N5O/c1-17-3-5-19(6-4-17)20-13-21(16-24-15-20)22-14-23(26-18(2)25-22)28-9-7-27(8-10-28)11-12-29/h3-6,13-16,29H,7-12H2,1-2H3. The van der Waals surface area contributed by atoms with Gasteiger partial charge in [0.15, 0.2) is 0 Å². The molecular weight excluding hydrogens is 362 g/mol. The summed E-state index contributed by atoms with van der Waals surface area (Å²) in [6.07, 6.45) is 3.76. The maximum absolute atomic E-state index is 9.14. The SMILES string of the molecule is Cc1ccc(-c2cncc(-c3cc(N4CCN(CCO)CC4)nc(C)n3)c2)cc1. The van der Waals surface area contributed by atoms with E-state index in [1.165, 1.54) is 5.56 Å². The molecule has 6 nitrogen and oxygen atoms in total. The summed E-state index contributed by atoms with van der Waals surface area (Å²) in [6, 6.07) is 12.7. The topological polar surface area (TPSA) is 65.4 Å². The van der Waals surface area contributed by atoms with Crippen LogP contribution in [-0.2, 0) is 0 Å². The summed E-state index contributed by atoms with van der Waals surface area (Å²) in [4.78, 5) is 18.4. The number of β-amino-alcohol motifs (C(OH)–C–C–N with tert-alkyl or cyclic N) is 1. The number of aliphatic hydroxyl groups excluding tert-OH is 1. The number of pyridine rings is 1. The van der Waals surface area contributed by atoms with Crippen molar-refractivity contribution in [1.82, 2.24) is 19.9 Å². The number of anilines is 1. The van der Waals surface area contributed by atoms with Crippen molar-refractivity contribution in [3.05, 3.63) is 60.2 Å². The number of hydrogen-bond donors (Lipinski definition) is 1. The molecule has 3 heterocycles. The van der Waals surface area contributed by atoms with Crippen molar-refractivity contribution < 1.29 is 5.11 Å². The lowest BCUT2D eigenvalue weighted by Gasteiger charge is -2.35. The van der Waals surface area contributed by atoms with Crippen molar-refractivity contribution in [1.29, 1.82) is 0 Å². The minimum atomic E-state index is 0.209. The molecule has 1 N–H and O–H groups in total. The average Bonchev–Trinajstić information content (AvgIpc) is 2.75. The second-order valence-corrected chi connectivity index (χ2v) is 7.54. The van der Waals surface area contributed by atoms with Gasteiger partial charge in [0.2, 0.25) is 0 Å². The van der Waals surface area contributed by atoms with E-state index in [0.717, 1.165) is 66.8 Å². The summed E-state index contributed by atoms with van der Waals surface area (Å²) in [5, 5.41) is 9.14. The first-order valence-electron chi connectivity index (χ1n) is 10.1. The zero-order valence-corrected chi connectivity index (χ0v) is 17.0. The third-order valence-electron chi connectivity index (χ3n) is 5.36. The molecule has 2 aromatic heterocycles. The zero-order chi connectivity index (χ0) is 20.2. The number of hydrogen-bond acceptors (Lipinski definition) is 6. The smallest absolute Gasteiger partial charge is 0.132 e. The van der Waals surface area contributed by atoms with Crippen LogP contribution in [0.4, 0.5) is 5.82 Å². The van der Waals surface area contributed by atoms with E-state index in [-0.39, 0.29) is 6.61 Å². The van der Waals surface area contributed by atoms with Gasteiger partial charge in [-0.2, -0.15) is 0 Å². The molecule has 0 saturated carbocycles. The van der Waals surface area contributed by atoms with Crippen LogP contribution in [0.1, 0.15) is 11.4 Å². The lowest BCUT2D eigenvalue weighted by molar-refractivity contribution is 0.188. The van der Waals surface area contributed by atoms with Gasteiger partial charge in [-0.3, -0.25) is 9.88 Å². The minimum Gasteiger partial charge on any atom is -0.395 e. The van der Waals surface area contributed by atoms with Gasteiger partial charge in [-0.25, -0.2) is 9.97 Å². The number of aliphatic hydroxyl groups is 1. The lowest BCUT2D eigenvalue weighted by atomic mass is 10.0. The zero-order valence-electron chi connectivity index (χ0n) is 17.0. The van der Waals surface area contributed by atoms with Gasteiger partial charge in [0.05, 0.1) is 12.3 Å². The molecule has 0 aliphatic carbocycles. The van der Waals surface area contributed by atoms with Gasteiger partial charge in [0.1, 0.15) is 11.6 Å². The van der Waals surface area contributed by atoms with Crippen LogP contribution in [0.5, 0.6) is 0 Å². The molecule has 6 heteroatoms. The van der Waals surface area contributed by atoms with Crippen LogP contribution in [-0.4, -0.2) is 64.3 Å². The van der Waals surface area contributed by atoms with Gasteiger partial charge < -0.3 is 10.0 Å². The van der Waals surface area contributed by atoms with Gasteiger partial charge in [-0.15, -0.1) is 0 Å². The van der Waals surface area contributed by atoms with Crippen molar-refractivity contribution in [3.8, 4) is 22.4 Å². The number of piperazine rings is 1. The molecule has 1 aliphatic rings. The molecule has 1 aromatic carbocycles. The summed E-state index contributed by atoms with van der Waals surface area (Å²) in [7, 11) is 0. The number of nitrogens with zero attached hydrogens (tertiary/aromatic N) is 5.